The number of non-ortho nitro benzene ring substituents is 1. The predicted molar refractivity (Wildman–Crippen MR) is 91.4 cm³/mol. The molecule has 1 atom stereocenters. The first-order valence-electron chi connectivity index (χ1n) is 7.28. The quantitative estimate of drug-likeness (QED) is 0.483. The van der Waals surface area contributed by atoms with Crippen molar-refractivity contribution in [3.63, 3.8) is 0 Å². The zero-order valence-electron chi connectivity index (χ0n) is 13.3. The second-order valence-corrected chi connectivity index (χ2v) is 5.60. The molecule has 1 N–H and O–H groups in total. The lowest BCUT2D eigenvalue weighted by Gasteiger charge is -2.18. The van der Waals surface area contributed by atoms with Gasteiger partial charge in [0.05, 0.1) is 24.5 Å². The first kappa shape index (κ1) is 18.4. The van der Waals surface area contributed by atoms with Gasteiger partial charge in [-0.25, -0.2) is 0 Å². The molecule has 0 aliphatic heterocycles. The number of esters is 1. The van der Waals surface area contributed by atoms with Crippen LogP contribution in [0.3, 0.4) is 0 Å². The van der Waals surface area contributed by atoms with Crippen molar-refractivity contribution >= 4 is 29.2 Å². The highest BCUT2D eigenvalue weighted by Gasteiger charge is 2.20. The third-order valence-corrected chi connectivity index (χ3v) is 3.77. The summed E-state index contributed by atoms with van der Waals surface area (Å²) in [6.45, 7) is 0. The lowest BCUT2D eigenvalue weighted by molar-refractivity contribution is -0.384. The van der Waals surface area contributed by atoms with E-state index < -0.39 is 22.8 Å². The van der Waals surface area contributed by atoms with Crippen molar-refractivity contribution in [3.05, 3.63) is 74.8 Å². The second kappa shape index (κ2) is 8.25. The topological polar surface area (TPSA) is 98.5 Å². The number of carbonyl (C=O) groups is 2. The molecule has 2 aromatic rings. The summed E-state index contributed by atoms with van der Waals surface area (Å²) in [5, 5.41) is 13.9. The van der Waals surface area contributed by atoms with E-state index in [0.29, 0.717) is 10.6 Å². The number of nitrogens with one attached hydrogen (secondary N) is 1. The maximum atomic E-state index is 12.4. The van der Waals surface area contributed by atoms with Gasteiger partial charge in [-0.2, -0.15) is 0 Å². The molecule has 0 bridgehead atoms. The van der Waals surface area contributed by atoms with Crippen LogP contribution in [0.4, 0.5) is 5.69 Å². The smallest absolute Gasteiger partial charge is 0.307 e. The van der Waals surface area contributed by atoms with Crippen molar-refractivity contribution in [1.82, 2.24) is 5.32 Å². The minimum atomic E-state index is -0.618. The van der Waals surface area contributed by atoms with Crippen LogP contribution in [-0.4, -0.2) is 23.9 Å². The molecular weight excluding hydrogens is 348 g/mol. The van der Waals surface area contributed by atoms with Crippen molar-refractivity contribution in [1.29, 1.82) is 0 Å². The van der Waals surface area contributed by atoms with Crippen LogP contribution in [-0.2, 0) is 9.53 Å². The number of hydrogen-bond acceptors (Lipinski definition) is 5. The molecule has 0 aliphatic rings. The Morgan fingerprint density at radius 2 is 1.76 bits per heavy atom. The molecule has 1 unspecified atom stereocenters. The van der Waals surface area contributed by atoms with Crippen LogP contribution in [0.2, 0.25) is 5.02 Å². The third kappa shape index (κ3) is 5.02. The minimum absolute atomic E-state index is 0.0587. The number of benzene rings is 2. The summed E-state index contributed by atoms with van der Waals surface area (Å²) in [5.74, 6) is -0.942. The van der Waals surface area contributed by atoms with Crippen LogP contribution in [0.1, 0.15) is 28.4 Å². The summed E-state index contributed by atoms with van der Waals surface area (Å²) in [6.07, 6.45) is -0.0587. The fourth-order valence-corrected chi connectivity index (χ4v) is 2.30. The minimum Gasteiger partial charge on any atom is -0.469 e. The van der Waals surface area contributed by atoms with Crippen LogP contribution >= 0.6 is 11.6 Å². The number of carbonyl (C=O) groups excluding carboxylic acids is 2. The van der Waals surface area contributed by atoms with Gasteiger partial charge in [-0.05, 0) is 29.8 Å². The Morgan fingerprint density at radius 3 is 2.28 bits per heavy atom. The van der Waals surface area contributed by atoms with Gasteiger partial charge in [0.15, 0.2) is 0 Å². The monoisotopic (exact) mass is 362 g/mol. The van der Waals surface area contributed by atoms with Crippen LogP contribution < -0.4 is 5.32 Å². The fourth-order valence-electron chi connectivity index (χ4n) is 2.17. The number of methoxy groups -OCH3 is 1. The average Bonchev–Trinajstić information content (AvgIpc) is 2.61. The zero-order valence-corrected chi connectivity index (χ0v) is 14.0. The van der Waals surface area contributed by atoms with Crippen LogP contribution in [0, 0.1) is 10.1 Å². The maximum Gasteiger partial charge on any atom is 0.307 e. The molecule has 2 aromatic carbocycles. The average molecular weight is 363 g/mol. The van der Waals surface area contributed by atoms with E-state index in [1.807, 2.05) is 0 Å². The SMILES string of the molecule is COC(=O)CC(NC(=O)c1ccc([N+](=O)[O-])cc1)c1ccc(Cl)cc1. The summed E-state index contributed by atoms with van der Waals surface area (Å²) in [6, 6.07) is 11.3. The van der Waals surface area contributed by atoms with E-state index in [9.17, 15) is 19.7 Å². The Kier molecular flexibility index (Phi) is 6.08. The third-order valence-electron chi connectivity index (χ3n) is 3.52. The first-order chi connectivity index (χ1) is 11.9. The van der Waals surface area contributed by atoms with E-state index in [1.54, 1.807) is 24.3 Å². The van der Waals surface area contributed by atoms with Gasteiger partial charge < -0.3 is 10.1 Å². The number of hydrogen-bond donors (Lipinski definition) is 1. The number of nitro groups is 1. The molecule has 25 heavy (non-hydrogen) atoms. The van der Waals surface area contributed by atoms with Gasteiger partial charge in [0.25, 0.3) is 11.6 Å². The Morgan fingerprint density at radius 1 is 1.16 bits per heavy atom. The van der Waals surface area contributed by atoms with Gasteiger partial charge in [0.2, 0.25) is 0 Å². The highest BCUT2D eigenvalue weighted by Crippen LogP contribution is 2.21. The summed E-state index contributed by atoms with van der Waals surface area (Å²) in [5.41, 5.74) is 0.819. The number of rotatable bonds is 6. The molecule has 0 spiro atoms. The Labute approximate surface area is 148 Å². The number of amides is 1. The van der Waals surface area contributed by atoms with Gasteiger partial charge in [0.1, 0.15) is 0 Å². The Bertz CT molecular complexity index is 775. The van der Waals surface area contributed by atoms with Crippen molar-refractivity contribution in [3.8, 4) is 0 Å². The molecule has 8 heteroatoms. The summed E-state index contributed by atoms with van der Waals surface area (Å²) in [7, 11) is 1.26. The molecule has 0 radical (unpaired) electrons. The lowest BCUT2D eigenvalue weighted by atomic mass is 10.0. The molecule has 0 saturated heterocycles. The highest BCUT2D eigenvalue weighted by molar-refractivity contribution is 6.30. The molecule has 0 aromatic heterocycles. The molecule has 7 nitrogen and oxygen atoms in total. The Balaban J connectivity index is 2.19. The number of nitro benzene ring substituents is 1. The predicted octanol–water partition coefficient (Wildman–Crippen LogP) is 3.28. The van der Waals surface area contributed by atoms with Gasteiger partial charge in [0, 0.05) is 22.7 Å². The molecule has 1 amide bonds. The van der Waals surface area contributed by atoms with Crippen LogP contribution in [0.15, 0.2) is 48.5 Å². The highest BCUT2D eigenvalue weighted by atomic mass is 35.5. The molecule has 2 rings (SSSR count). The van der Waals surface area contributed by atoms with Crippen molar-refractivity contribution in [2.75, 3.05) is 7.11 Å². The van der Waals surface area contributed by atoms with Gasteiger partial charge >= 0.3 is 5.97 Å². The second-order valence-electron chi connectivity index (χ2n) is 5.16. The lowest BCUT2D eigenvalue weighted by Crippen LogP contribution is -2.30. The number of nitrogens with zero attached hydrogens (tertiary/aromatic N) is 1. The van der Waals surface area contributed by atoms with E-state index in [-0.39, 0.29) is 17.7 Å². The van der Waals surface area contributed by atoms with Gasteiger partial charge in [-0.15, -0.1) is 0 Å². The van der Waals surface area contributed by atoms with E-state index >= 15 is 0 Å². The van der Waals surface area contributed by atoms with Crippen LogP contribution in [0.25, 0.3) is 0 Å². The molecule has 0 heterocycles. The van der Waals surface area contributed by atoms with Gasteiger partial charge in [-0.1, -0.05) is 23.7 Å². The largest absolute Gasteiger partial charge is 0.469 e. The number of ether oxygens (including phenoxy) is 1. The summed E-state index contributed by atoms with van der Waals surface area (Å²) >= 11 is 5.86. The molecule has 130 valence electrons. The van der Waals surface area contributed by atoms with E-state index in [2.05, 4.69) is 10.1 Å². The number of halogens is 1. The first-order valence-corrected chi connectivity index (χ1v) is 7.66. The van der Waals surface area contributed by atoms with E-state index in [1.165, 1.54) is 31.4 Å². The van der Waals surface area contributed by atoms with Crippen molar-refractivity contribution in [2.45, 2.75) is 12.5 Å². The molecule has 0 saturated carbocycles. The molecular formula is C17H15ClN2O5. The standard InChI is InChI=1S/C17H15ClN2O5/c1-25-16(21)10-15(11-2-6-13(18)7-3-11)19-17(22)12-4-8-14(9-5-12)20(23)24/h2-9,15H,10H2,1H3,(H,19,22). The zero-order chi connectivity index (χ0) is 18.4. The van der Waals surface area contributed by atoms with Gasteiger partial charge in [-0.3, -0.25) is 19.7 Å². The fraction of sp³-hybridized carbons (Fsp3) is 0.176. The summed E-state index contributed by atoms with van der Waals surface area (Å²) < 4.78 is 4.66. The van der Waals surface area contributed by atoms with E-state index in [0.717, 1.165) is 0 Å². The molecule has 0 aliphatic carbocycles. The van der Waals surface area contributed by atoms with Crippen molar-refractivity contribution < 1.29 is 19.2 Å². The molecule has 0 fully saturated rings. The van der Waals surface area contributed by atoms with Crippen LogP contribution in [0.5, 0.6) is 0 Å². The Hall–Kier alpha value is -2.93. The maximum absolute atomic E-state index is 12.4. The van der Waals surface area contributed by atoms with E-state index in [4.69, 9.17) is 11.6 Å². The normalized spacial score (nSPS) is 11.4. The van der Waals surface area contributed by atoms with Crippen molar-refractivity contribution in [2.24, 2.45) is 0 Å². The summed E-state index contributed by atoms with van der Waals surface area (Å²) in [4.78, 5) is 34.1.